The SMILES string of the molecule is NCc1cccc(COC2CCCCO2)c1. The Morgan fingerprint density at radius 2 is 2.19 bits per heavy atom. The molecule has 1 aromatic carbocycles. The van der Waals surface area contributed by atoms with E-state index < -0.39 is 0 Å². The highest BCUT2D eigenvalue weighted by molar-refractivity contribution is 5.22. The van der Waals surface area contributed by atoms with Crippen molar-refractivity contribution >= 4 is 0 Å². The lowest BCUT2D eigenvalue weighted by Crippen LogP contribution is -2.22. The van der Waals surface area contributed by atoms with E-state index in [1.54, 1.807) is 0 Å². The van der Waals surface area contributed by atoms with Crippen LogP contribution in [0.4, 0.5) is 0 Å². The molecule has 0 spiro atoms. The van der Waals surface area contributed by atoms with E-state index in [1.165, 1.54) is 6.42 Å². The Morgan fingerprint density at radius 3 is 2.94 bits per heavy atom. The van der Waals surface area contributed by atoms with E-state index in [0.717, 1.165) is 30.6 Å². The quantitative estimate of drug-likeness (QED) is 0.847. The molecule has 1 unspecified atom stereocenters. The first kappa shape index (κ1) is 11.6. The largest absolute Gasteiger partial charge is 0.353 e. The van der Waals surface area contributed by atoms with E-state index in [9.17, 15) is 0 Å². The van der Waals surface area contributed by atoms with Gasteiger partial charge in [0.2, 0.25) is 0 Å². The molecule has 0 aliphatic carbocycles. The maximum Gasteiger partial charge on any atom is 0.158 e. The topological polar surface area (TPSA) is 44.5 Å². The van der Waals surface area contributed by atoms with Gasteiger partial charge in [-0.2, -0.15) is 0 Å². The number of rotatable bonds is 4. The van der Waals surface area contributed by atoms with Crippen molar-refractivity contribution in [2.24, 2.45) is 5.73 Å². The Morgan fingerprint density at radius 1 is 1.31 bits per heavy atom. The minimum absolute atomic E-state index is 0.0183. The lowest BCUT2D eigenvalue weighted by atomic mass is 10.1. The Balaban J connectivity index is 1.83. The van der Waals surface area contributed by atoms with E-state index in [-0.39, 0.29) is 6.29 Å². The highest BCUT2D eigenvalue weighted by Gasteiger charge is 2.13. The fourth-order valence-electron chi connectivity index (χ4n) is 1.88. The van der Waals surface area contributed by atoms with Crippen LogP contribution in [0.1, 0.15) is 30.4 Å². The summed E-state index contributed by atoms with van der Waals surface area (Å²) in [6.45, 7) is 2.01. The summed E-state index contributed by atoms with van der Waals surface area (Å²) in [5, 5.41) is 0. The minimum Gasteiger partial charge on any atom is -0.353 e. The molecular weight excluding hydrogens is 202 g/mol. The van der Waals surface area contributed by atoms with Crippen LogP contribution in [0.25, 0.3) is 0 Å². The van der Waals surface area contributed by atoms with Gasteiger partial charge in [0.05, 0.1) is 6.61 Å². The van der Waals surface area contributed by atoms with Gasteiger partial charge < -0.3 is 15.2 Å². The van der Waals surface area contributed by atoms with Gasteiger partial charge >= 0.3 is 0 Å². The van der Waals surface area contributed by atoms with Crippen LogP contribution in [0.2, 0.25) is 0 Å². The third kappa shape index (κ3) is 3.30. The van der Waals surface area contributed by atoms with E-state index in [0.29, 0.717) is 13.2 Å². The van der Waals surface area contributed by atoms with Gasteiger partial charge in [0.25, 0.3) is 0 Å². The summed E-state index contributed by atoms with van der Waals surface area (Å²) in [7, 11) is 0. The van der Waals surface area contributed by atoms with Crippen LogP contribution in [0.5, 0.6) is 0 Å². The lowest BCUT2D eigenvalue weighted by Gasteiger charge is -2.22. The van der Waals surface area contributed by atoms with Crippen molar-refractivity contribution in [3.63, 3.8) is 0 Å². The second-order valence-electron chi connectivity index (χ2n) is 4.13. The Labute approximate surface area is 96.5 Å². The van der Waals surface area contributed by atoms with Crippen LogP contribution in [-0.2, 0) is 22.6 Å². The number of benzene rings is 1. The average molecular weight is 221 g/mol. The summed E-state index contributed by atoms with van der Waals surface area (Å²) >= 11 is 0. The molecule has 1 atom stereocenters. The monoisotopic (exact) mass is 221 g/mol. The van der Waals surface area contributed by atoms with Crippen LogP contribution in [-0.4, -0.2) is 12.9 Å². The molecule has 3 heteroatoms. The van der Waals surface area contributed by atoms with Crippen LogP contribution in [0.15, 0.2) is 24.3 Å². The van der Waals surface area contributed by atoms with E-state index in [2.05, 4.69) is 12.1 Å². The number of ether oxygens (including phenoxy) is 2. The molecule has 88 valence electrons. The molecular formula is C13H19NO2. The summed E-state index contributed by atoms with van der Waals surface area (Å²) in [5.41, 5.74) is 7.90. The van der Waals surface area contributed by atoms with Gasteiger partial charge in [-0.15, -0.1) is 0 Å². The standard InChI is InChI=1S/C13H19NO2/c14-9-11-4-3-5-12(8-11)10-16-13-6-1-2-7-15-13/h3-5,8,13H,1-2,6-7,9-10,14H2. The van der Waals surface area contributed by atoms with Crippen molar-refractivity contribution in [2.45, 2.75) is 38.7 Å². The molecule has 2 N–H and O–H groups in total. The van der Waals surface area contributed by atoms with Crippen LogP contribution < -0.4 is 5.73 Å². The smallest absolute Gasteiger partial charge is 0.158 e. The van der Waals surface area contributed by atoms with Crippen LogP contribution >= 0.6 is 0 Å². The molecule has 1 fully saturated rings. The van der Waals surface area contributed by atoms with Crippen molar-refractivity contribution in [1.82, 2.24) is 0 Å². The first-order valence-electron chi connectivity index (χ1n) is 5.89. The third-order valence-electron chi connectivity index (χ3n) is 2.80. The lowest BCUT2D eigenvalue weighted by molar-refractivity contribution is -0.168. The Bertz CT molecular complexity index is 321. The zero-order chi connectivity index (χ0) is 11.2. The Kier molecular flexibility index (Phi) is 4.34. The molecule has 0 saturated carbocycles. The zero-order valence-electron chi connectivity index (χ0n) is 9.52. The number of nitrogens with two attached hydrogens (primary N) is 1. The fourth-order valence-corrected chi connectivity index (χ4v) is 1.88. The summed E-state index contributed by atoms with van der Waals surface area (Å²) in [4.78, 5) is 0. The van der Waals surface area contributed by atoms with Crippen molar-refractivity contribution in [1.29, 1.82) is 0 Å². The summed E-state index contributed by atoms with van der Waals surface area (Å²) in [5.74, 6) is 0. The molecule has 0 amide bonds. The summed E-state index contributed by atoms with van der Waals surface area (Å²) in [6, 6.07) is 8.19. The maximum atomic E-state index is 5.71. The van der Waals surface area contributed by atoms with Gasteiger partial charge in [0, 0.05) is 13.2 Å². The average Bonchev–Trinajstić information content (AvgIpc) is 2.38. The van der Waals surface area contributed by atoms with E-state index in [1.807, 2.05) is 12.1 Å². The predicted molar refractivity (Wildman–Crippen MR) is 62.7 cm³/mol. The predicted octanol–water partition coefficient (Wildman–Crippen LogP) is 2.19. The molecule has 16 heavy (non-hydrogen) atoms. The van der Waals surface area contributed by atoms with Crippen LogP contribution in [0.3, 0.4) is 0 Å². The molecule has 1 aromatic rings. The molecule has 1 aliphatic heterocycles. The van der Waals surface area contributed by atoms with Crippen molar-refractivity contribution < 1.29 is 9.47 Å². The highest BCUT2D eigenvalue weighted by Crippen LogP contribution is 2.16. The fraction of sp³-hybridized carbons (Fsp3) is 0.538. The molecule has 3 nitrogen and oxygen atoms in total. The molecule has 1 heterocycles. The first-order chi connectivity index (χ1) is 7.88. The summed E-state index contributed by atoms with van der Waals surface area (Å²) in [6.07, 6.45) is 3.35. The van der Waals surface area contributed by atoms with Gasteiger partial charge in [0.15, 0.2) is 6.29 Å². The van der Waals surface area contributed by atoms with Crippen molar-refractivity contribution in [3.8, 4) is 0 Å². The van der Waals surface area contributed by atoms with Crippen molar-refractivity contribution in [3.05, 3.63) is 35.4 Å². The number of hydrogen-bond donors (Lipinski definition) is 1. The second kappa shape index (κ2) is 5.99. The molecule has 1 saturated heterocycles. The molecule has 1 aliphatic rings. The van der Waals surface area contributed by atoms with Gasteiger partial charge in [-0.05, 0) is 30.4 Å². The molecule has 2 rings (SSSR count). The summed E-state index contributed by atoms with van der Waals surface area (Å²) < 4.78 is 11.2. The first-order valence-corrected chi connectivity index (χ1v) is 5.89. The maximum absolute atomic E-state index is 5.71. The molecule has 0 radical (unpaired) electrons. The molecule has 0 bridgehead atoms. The van der Waals surface area contributed by atoms with Crippen molar-refractivity contribution in [2.75, 3.05) is 6.61 Å². The second-order valence-corrected chi connectivity index (χ2v) is 4.13. The Hall–Kier alpha value is -0.900. The van der Waals surface area contributed by atoms with Gasteiger partial charge in [-0.25, -0.2) is 0 Å². The van der Waals surface area contributed by atoms with E-state index in [4.69, 9.17) is 15.2 Å². The zero-order valence-corrected chi connectivity index (χ0v) is 9.52. The van der Waals surface area contributed by atoms with Gasteiger partial charge in [-0.1, -0.05) is 24.3 Å². The highest BCUT2D eigenvalue weighted by atomic mass is 16.7. The number of hydrogen-bond acceptors (Lipinski definition) is 3. The normalized spacial score (nSPS) is 20.9. The van der Waals surface area contributed by atoms with Crippen LogP contribution in [0, 0.1) is 0 Å². The molecule has 0 aromatic heterocycles. The van der Waals surface area contributed by atoms with E-state index >= 15 is 0 Å². The van der Waals surface area contributed by atoms with Gasteiger partial charge in [-0.3, -0.25) is 0 Å². The third-order valence-corrected chi connectivity index (χ3v) is 2.80. The van der Waals surface area contributed by atoms with Gasteiger partial charge in [0.1, 0.15) is 0 Å². The minimum atomic E-state index is -0.0183.